The minimum atomic E-state index is -1.22. The molecule has 0 spiro atoms. The van der Waals surface area contributed by atoms with Gasteiger partial charge >= 0.3 is 5.97 Å². The molecule has 1 aromatic carbocycles. The second-order valence-corrected chi connectivity index (χ2v) is 3.34. The molecular formula is C12H7F2NO3. The zero-order valence-corrected chi connectivity index (χ0v) is 8.93. The van der Waals surface area contributed by atoms with Crippen molar-refractivity contribution in [3.63, 3.8) is 0 Å². The van der Waals surface area contributed by atoms with E-state index in [9.17, 15) is 13.6 Å². The average molecular weight is 251 g/mol. The van der Waals surface area contributed by atoms with E-state index < -0.39 is 17.6 Å². The van der Waals surface area contributed by atoms with E-state index in [2.05, 4.69) is 4.98 Å². The summed E-state index contributed by atoms with van der Waals surface area (Å²) in [4.78, 5) is 14.3. The number of halogens is 2. The van der Waals surface area contributed by atoms with Crippen LogP contribution in [0.4, 0.5) is 8.78 Å². The summed E-state index contributed by atoms with van der Waals surface area (Å²) in [5, 5.41) is 8.72. The highest BCUT2D eigenvalue weighted by Crippen LogP contribution is 2.23. The van der Waals surface area contributed by atoms with Crippen molar-refractivity contribution < 1.29 is 23.4 Å². The minimum absolute atomic E-state index is 0.0830. The van der Waals surface area contributed by atoms with Gasteiger partial charge in [0.05, 0.1) is 0 Å². The van der Waals surface area contributed by atoms with Gasteiger partial charge in [-0.3, -0.25) is 0 Å². The van der Waals surface area contributed by atoms with E-state index in [0.29, 0.717) is 6.07 Å². The van der Waals surface area contributed by atoms with Crippen LogP contribution in [0.3, 0.4) is 0 Å². The van der Waals surface area contributed by atoms with E-state index >= 15 is 0 Å². The third-order valence-electron chi connectivity index (χ3n) is 2.05. The lowest BCUT2D eigenvalue weighted by Crippen LogP contribution is -2.01. The predicted octanol–water partition coefficient (Wildman–Crippen LogP) is 2.85. The molecule has 0 bridgehead atoms. The van der Waals surface area contributed by atoms with Crippen molar-refractivity contribution in [3.8, 4) is 11.6 Å². The molecule has 0 aliphatic carbocycles. The molecule has 1 heterocycles. The molecule has 0 unspecified atom stereocenters. The highest BCUT2D eigenvalue weighted by Gasteiger charge is 2.09. The van der Waals surface area contributed by atoms with Gasteiger partial charge in [-0.25, -0.2) is 18.6 Å². The number of carboxylic acid groups (broad SMARTS) is 1. The number of nitrogens with zero attached hydrogens (tertiary/aromatic N) is 1. The molecule has 6 heteroatoms. The fraction of sp³-hybridized carbons (Fsp3) is 0. The lowest BCUT2D eigenvalue weighted by Gasteiger charge is -2.06. The monoisotopic (exact) mass is 251 g/mol. The maximum Gasteiger partial charge on any atom is 0.354 e. The molecule has 0 aliphatic rings. The Bertz CT molecular complexity index is 602. The van der Waals surface area contributed by atoms with E-state index in [1.54, 1.807) is 0 Å². The number of hydrogen-bond acceptors (Lipinski definition) is 3. The molecule has 1 N–H and O–H groups in total. The number of hydrogen-bond donors (Lipinski definition) is 1. The largest absolute Gasteiger partial charge is 0.477 e. The van der Waals surface area contributed by atoms with Gasteiger partial charge in [0.2, 0.25) is 5.88 Å². The summed E-state index contributed by atoms with van der Waals surface area (Å²) in [6.07, 6.45) is 0. The van der Waals surface area contributed by atoms with Crippen LogP contribution in [0.2, 0.25) is 0 Å². The summed E-state index contributed by atoms with van der Waals surface area (Å²) in [6.45, 7) is 0. The number of aromatic nitrogens is 1. The first-order valence-electron chi connectivity index (χ1n) is 4.89. The Labute approximate surface area is 100 Å². The van der Waals surface area contributed by atoms with Gasteiger partial charge in [0.25, 0.3) is 0 Å². The van der Waals surface area contributed by atoms with Crippen LogP contribution in [-0.2, 0) is 0 Å². The fourth-order valence-electron chi connectivity index (χ4n) is 1.26. The number of carboxylic acids is 1. The standard InChI is InChI=1S/C12H7F2NO3/c13-7-4-5-10(8(14)6-7)18-11-3-1-2-9(15-11)12(16)17/h1-6H,(H,16,17). The third kappa shape index (κ3) is 2.60. The first-order valence-corrected chi connectivity index (χ1v) is 4.89. The molecule has 0 fully saturated rings. The van der Waals surface area contributed by atoms with E-state index in [1.807, 2.05) is 0 Å². The van der Waals surface area contributed by atoms with Gasteiger partial charge < -0.3 is 9.84 Å². The van der Waals surface area contributed by atoms with Crippen LogP contribution in [-0.4, -0.2) is 16.1 Å². The smallest absolute Gasteiger partial charge is 0.354 e. The van der Waals surface area contributed by atoms with Gasteiger partial charge in [0.15, 0.2) is 17.3 Å². The number of pyridine rings is 1. The number of benzene rings is 1. The Balaban J connectivity index is 2.28. The van der Waals surface area contributed by atoms with Crippen LogP contribution >= 0.6 is 0 Å². The van der Waals surface area contributed by atoms with Crippen molar-refractivity contribution >= 4 is 5.97 Å². The van der Waals surface area contributed by atoms with Crippen molar-refractivity contribution in [2.45, 2.75) is 0 Å². The molecule has 0 amide bonds. The lowest BCUT2D eigenvalue weighted by atomic mass is 10.3. The molecule has 4 nitrogen and oxygen atoms in total. The molecule has 2 rings (SSSR count). The van der Waals surface area contributed by atoms with Crippen molar-refractivity contribution in [1.82, 2.24) is 4.98 Å². The molecular weight excluding hydrogens is 244 g/mol. The second-order valence-electron chi connectivity index (χ2n) is 3.34. The topological polar surface area (TPSA) is 59.4 Å². The highest BCUT2D eigenvalue weighted by atomic mass is 19.1. The molecule has 2 aromatic rings. The predicted molar refractivity (Wildman–Crippen MR) is 57.6 cm³/mol. The molecule has 18 heavy (non-hydrogen) atoms. The highest BCUT2D eigenvalue weighted by molar-refractivity contribution is 5.85. The van der Waals surface area contributed by atoms with Crippen LogP contribution in [0.15, 0.2) is 36.4 Å². The van der Waals surface area contributed by atoms with Crippen LogP contribution in [0.1, 0.15) is 10.5 Å². The van der Waals surface area contributed by atoms with Gasteiger partial charge in [-0.1, -0.05) is 6.07 Å². The molecule has 0 radical (unpaired) electrons. The molecule has 0 atom stereocenters. The Kier molecular flexibility index (Phi) is 3.18. The summed E-state index contributed by atoms with van der Waals surface area (Å²) in [5.74, 6) is -3.16. The first kappa shape index (κ1) is 12.0. The maximum absolute atomic E-state index is 13.3. The number of carbonyl (C=O) groups is 1. The number of rotatable bonds is 3. The van der Waals surface area contributed by atoms with Gasteiger partial charge in [0.1, 0.15) is 5.82 Å². The Hall–Kier alpha value is -2.50. The quantitative estimate of drug-likeness (QED) is 0.911. The normalized spacial score (nSPS) is 10.1. The maximum atomic E-state index is 13.3. The van der Waals surface area contributed by atoms with Crippen molar-refractivity contribution in [2.24, 2.45) is 0 Å². The van der Waals surface area contributed by atoms with Gasteiger partial charge in [-0.2, -0.15) is 0 Å². The SMILES string of the molecule is O=C(O)c1cccc(Oc2ccc(F)cc2F)n1. The molecule has 92 valence electrons. The second kappa shape index (κ2) is 4.79. The van der Waals surface area contributed by atoms with Crippen LogP contribution < -0.4 is 4.74 Å². The first-order chi connectivity index (χ1) is 8.56. The van der Waals surface area contributed by atoms with E-state index in [0.717, 1.165) is 12.1 Å². The van der Waals surface area contributed by atoms with Crippen molar-refractivity contribution in [2.75, 3.05) is 0 Å². The average Bonchev–Trinajstić information content (AvgIpc) is 2.33. The van der Waals surface area contributed by atoms with Crippen LogP contribution in [0.5, 0.6) is 11.6 Å². The summed E-state index contributed by atoms with van der Waals surface area (Å²) < 4.78 is 31.0. The van der Waals surface area contributed by atoms with Crippen molar-refractivity contribution in [1.29, 1.82) is 0 Å². The molecule has 0 saturated heterocycles. The lowest BCUT2D eigenvalue weighted by molar-refractivity contribution is 0.0689. The Morgan fingerprint density at radius 2 is 2.00 bits per heavy atom. The number of aromatic carboxylic acids is 1. The van der Waals surface area contributed by atoms with Gasteiger partial charge in [-0.15, -0.1) is 0 Å². The van der Waals surface area contributed by atoms with E-state index in [4.69, 9.17) is 9.84 Å². The Morgan fingerprint density at radius 3 is 2.67 bits per heavy atom. The van der Waals surface area contributed by atoms with Crippen molar-refractivity contribution in [3.05, 3.63) is 53.7 Å². The third-order valence-corrected chi connectivity index (χ3v) is 2.05. The van der Waals surface area contributed by atoms with E-state index in [1.165, 1.54) is 18.2 Å². The summed E-state index contributed by atoms with van der Waals surface area (Å²) >= 11 is 0. The summed E-state index contributed by atoms with van der Waals surface area (Å²) in [7, 11) is 0. The van der Waals surface area contributed by atoms with Crippen LogP contribution in [0.25, 0.3) is 0 Å². The fourth-order valence-corrected chi connectivity index (χ4v) is 1.26. The number of ether oxygens (including phenoxy) is 1. The molecule has 0 aliphatic heterocycles. The van der Waals surface area contributed by atoms with Gasteiger partial charge in [0, 0.05) is 12.1 Å². The van der Waals surface area contributed by atoms with Crippen LogP contribution in [0, 0.1) is 11.6 Å². The van der Waals surface area contributed by atoms with E-state index in [-0.39, 0.29) is 17.3 Å². The minimum Gasteiger partial charge on any atom is -0.477 e. The summed E-state index contributed by atoms with van der Waals surface area (Å²) in [5.41, 5.74) is -0.227. The zero-order valence-electron chi connectivity index (χ0n) is 8.93. The summed E-state index contributed by atoms with van der Waals surface area (Å²) in [6, 6.07) is 6.84. The zero-order chi connectivity index (χ0) is 13.1. The molecule has 0 saturated carbocycles. The Morgan fingerprint density at radius 1 is 1.22 bits per heavy atom. The molecule has 1 aromatic heterocycles. The van der Waals surface area contributed by atoms with Gasteiger partial charge in [-0.05, 0) is 18.2 Å².